The van der Waals surface area contributed by atoms with E-state index in [4.69, 9.17) is 24.1 Å². The van der Waals surface area contributed by atoms with Crippen LogP contribution in [-0.2, 0) is 28.6 Å². The molecule has 1 N–H and O–H groups in total. The molecule has 4 aliphatic rings. The Balaban J connectivity index is 1.19. The number of aliphatic hydroxyl groups is 1. The molecule has 1 aromatic carbocycles. The number of rotatable bonds is 16. The average Bonchev–Trinajstić information content (AvgIpc) is 3.17. The van der Waals surface area contributed by atoms with Gasteiger partial charge in [-0.25, -0.2) is 4.79 Å². The fraction of sp³-hybridized carbons (Fsp3) is 0.750. The van der Waals surface area contributed by atoms with Gasteiger partial charge in [0, 0.05) is 5.57 Å². The van der Waals surface area contributed by atoms with Crippen LogP contribution < -0.4 is 4.74 Å². The molecule has 0 aromatic heterocycles. The molecule has 0 heterocycles. The van der Waals surface area contributed by atoms with Gasteiger partial charge in [0.2, 0.25) is 0 Å². The van der Waals surface area contributed by atoms with Crippen molar-refractivity contribution >= 4 is 17.9 Å². The van der Waals surface area contributed by atoms with E-state index in [1.54, 1.807) is 6.92 Å². The average molecular weight is 723 g/mol. The molecule has 0 radical (unpaired) electrons. The number of ether oxygens (including phenoxy) is 4. The van der Waals surface area contributed by atoms with E-state index in [0.717, 1.165) is 82.0 Å². The van der Waals surface area contributed by atoms with Crippen LogP contribution in [0.3, 0.4) is 0 Å². The number of hydrogen-bond donors (Lipinski definition) is 1. The van der Waals surface area contributed by atoms with Crippen LogP contribution in [0.1, 0.15) is 165 Å². The summed E-state index contributed by atoms with van der Waals surface area (Å²) in [6.45, 7) is 8.18. The molecule has 0 aliphatic heterocycles. The number of benzene rings is 1. The highest BCUT2D eigenvalue weighted by molar-refractivity contribution is 5.94. The Hall–Kier alpha value is -2.71. The second-order valence-electron chi connectivity index (χ2n) is 16.5. The van der Waals surface area contributed by atoms with Gasteiger partial charge in [0.05, 0.1) is 31.7 Å². The monoisotopic (exact) mass is 722 g/mol. The van der Waals surface area contributed by atoms with Crippen molar-refractivity contribution in [2.24, 2.45) is 23.7 Å². The molecule has 0 bridgehead atoms. The van der Waals surface area contributed by atoms with Gasteiger partial charge in [-0.05, 0) is 150 Å². The first-order valence-electron chi connectivity index (χ1n) is 20.9. The molecule has 0 saturated heterocycles. The lowest BCUT2D eigenvalue weighted by Gasteiger charge is -2.39. The normalized spacial score (nSPS) is 27.7. The summed E-state index contributed by atoms with van der Waals surface area (Å²) in [5, 5.41) is 9.15. The molecule has 5 rings (SSSR count). The summed E-state index contributed by atoms with van der Waals surface area (Å²) in [5.41, 5.74) is 2.80. The highest BCUT2D eigenvalue weighted by Crippen LogP contribution is 2.47. The van der Waals surface area contributed by atoms with Crippen molar-refractivity contribution < 1.29 is 38.4 Å². The molecular formula is C44H66O8. The molecular weight excluding hydrogens is 656 g/mol. The van der Waals surface area contributed by atoms with E-state index < -0.39 is 23.8 Å². The van der Waals surface area contributed by atoms with Crippen LogP contribution in [-0.4, -0.2) is 55.0 Å². The first-order chi connectivity index (χ1) is 25.2. The highest BCUT2D eigenvalue weighted by atomic mass is 16.6. The van der Waals surface area contributed by atoms with Gasteiger partial charge in [0.15, 0.2) is 0 Å². The Labute approximate surface area is 312 Å². The van der Waals surface area contributed by atoms with Crippen molar-refractivity contribution in [3.63, 3.8) is 0 Å². The number of aliphatic hydroxyl groups excluding tert-OH is 1. The van der Waals surface area contributed by atoms with E-state index in [9.17, 15) is 14.4 Å². The van der Waals surface area contributed by atoms with E-state index in [2.05, 4.69) is 25.6 Å². The molecule has 4 fully saturated rings. The molecule has 4 aliphatic carbocycles. The minimum atomic E-state index is -0.573. The van der Waals surface area contributed by atoms with Gasteiger partial charge in [-0.3, -0.25) is 9.59 Å². The SMILES string of the molecule is C=C(CC(=O)OC1CCCCC1)C(=O)Oc1ccc(C2CCC(OCCOC(=O)C(C)CO)CC2)c(C2CCC(C3CCC(CCC)CC3)CC2)c1. The molecule has 1 atom stereocenters. The maximum Gasteiger partial charge on any atom is 0.339 e. The van der Waals surface area contributed by atoms with Gasteiger partial charge in [-0.1, -0.05) is 51.7 Å². The number of carbonyl (C=O) groups is 3. The van der Waals surface area contributed by atoms with Crippen molar-refractivity contribution in [3.05, 3.63) is 41.5 Å². The summed E-state index contributed by atoms with van der Waals surface area (Å²) in [6, 6.07) is 6.19. The predicted molar refractivity (Wildman–Crippen MR) is 202 cm³/mol. The lowest BCUT2D eigenvalue weighted by molar-refractivity contribution is -0.152. The number of hydrogen-bond acceptors (Lipinski definition) is 8. The quantitative estimate of drug-likeness (QED) is 0.0778. The minimum Gasteiger partial charge on any atom is -0.463 e. The lowest BCUT2D eigenvalue weighted by atomic mass is 9.67. The Morgan fingerprint density at radius 2 is 1.42 bits per heavy atom. The van der Waals surface area contributed by atoms with Crippen molar-refractivity contribution in [2.45, 2.75) is 166 Å². The highest BCUT2D eigenvalue weighted by Gasteiger charge is 2.34. The van der Waals surface area contributed by atoms with Crippen molar-refractivity contribution in [2.75, 3.05) is 19.8 Å². The number of esters is 3. The first kappa shape index (κ1) is 40.5. The fourth-order valence-electron chi connectivity index (χ4n) is 9.55. The van der Waals surface area contributed by atoms with Gasteiger partial charge < -0.3 is 24.1 Å². The van der Waals surface area contributed by atoms with Crippen LogP contribution in [0.5, 0.6) is 5.75 Å². The molecule has 8 heteroatoms. The van der Waals surface area contributed by atoms with Crippen LogP contribution in [0.15, 0.2) is 30.4 Å². The van der Waals surface area contributed by atoms with Crippen LogP contribution in [0.25, 0.3) is 0 Å². The first-order valence-corrected chi connectivity index (χ1v) is 20.9. The lowest BCUT2D eigenvalue weighted by Crippen LogP contribution is -2.26. The zero-order valence-corrected chi connectivity index (χ0v) is 32.1. The summed E-state index contributed by atoms with van der Waals surface area (Å²) in [4.78, 5) is 37.6. The Morgan fingerprint density at radius 1 is 0.788 bits per heavy atom. The third-order valence-corrected chi connectivity index (χ3v) is 12.7. The van der Waals surface area contributed by atoms with Gasteiger partial charge in [-0.2, -0.15) is 0 Å². The zero-order chi connectivity index (χ0) is 36.9. The minimum absolute atomic E-state index is 0.0565. The largest absolute Gasteiger partial charge is 0.463 e. The molecule has 8 nitrogen and oxygen atoms in total. The third kappa shape index (κ3) is 11.9. The molecule has 290 valence electrons. The Morgan fingerprint density at radius 3 is 2.08 bits per heavy atom. The van der Waals surface area contributed by atoms with E-state index in [1.165, 1.54) is 68.9 Å². The number of carbonyl (C=O) groups excluding carboxylic acids is 3. The molecule has 1 aromatic rings. The van der Waals surface area contributed by atoms with Crippen molar-refractivity contribution in [1.82, 2.24) is 0 Å². The summed E-state index contributed by atoms with van der Waals surface area (Å²) < 4.78 is 22.8. The van der Waals surface area contributed by atoms with Crippen molar-refractivity contribution in [3.8, 4) is 5.75 Å². The second kappa shape index (κ2) is 20.7. The van der Waals surface area contributed by atoms with Crippen LogP contribution in [0.4, 0.5) is 0 Å². The molecule has 4 saturated carbocycles. The smallest absolute Gasteiger partial charge is 0.339 e. The van der Waals surface area contributed by atoms with Crippen LogP contribution in [0.2, 0.25) is 0 Å². The molecule has 0 spiro atoms. The van der Waals surface area contributed by atoms with Gasteiger partial charge in [0.1, 0.15) is 18.5 Å². The van der Waals surface area contributed by atoms with Gasteiger partial charge in [-0.15, -0.1) is 0 Å². The van der Waals surface area contributed by atoms with Gasteiger partial charge >= 0.3 is 17.9 Å². The maximum absolute atomic E-state index is 13.1. The summed E-state index contributed by atoms with van der Waals surface area (Å²) in [6.07, 6.45) is 22.0. The molecule has 52 heavy (non-hydrogen) atoms. The van der Waals surface area contributed by atoms with E-state index in [1.807, 2.05) is 6.07 Å². The van der Waals surface area contributed by atoms with Crippen molar-refractivity contribution in [1.29, 1.82) is 0 Å². The zero-order valence-electron chi connectivity index (χ0n) is 32.1. The summed E-state index contributed by atoms with van der Waals surface area (Å²) in [5.74, 6) is 2.08. The Bertz CT molecular complexity index is 1290. The molecule has 0 amide bonds. The van der Waals surface area contributed by atoms with E-state index in [0.29, 0.717) is 24.2 Å². The predicted octanol–water partition coefficient (Wildman–Crippen LogP) is 9.51. The van der Waals surface area contributed by atoms with Crippen LogP contribution >= 0.6 is 0 Å². The van der Waals surface area contributed by atoms with Crippen LogP contribution in [0, 0.1) is 23.7 Å². The second-order valence-corrected chi connectivity index (χ2v) is 16.5. The summed E-state index contributed by atoms with van der Waals surface area (Å²) >= 11 is 0. The Kier molecular flexibility index (Phi) is 16.1. The van der Waals surface area contributed by atoms with Gasteiger partial charge in [0.25, 0.3) is 0 Å². The maximum atomic E-state index is 13.1. The van der Waals surface area contributed by atoms with E-state index >= 15 is 0 Å². The fourth-order valence-corrected chi connectivity index (χ4v) is 9.55. The topological polar surface area (TPSA) is 108 Å². The standard InChI is InChI=1S/C44H66O8/c1-4-8-32-11-13-33(14-12-32)34-15-17-36(18-16-34)41-28-39(52-44(48)30(2)27-42(46)51-38-9-6-5-7-10-38)23-24-40(41)35-19-21-37(22-20-35)49-25-26-50-43(47)31(3)29-45/h23-24,28,31-38,45H,2,4-22,25-27,29H2,1,3H3. The molecule has 1 unspecified atom stereocenters. The summed E-state index contributed by atoms with van der Waals surface area (Å²) in [7, 11) is 0. The van der Waals surface area contributed by atoms with E-state index in [-0.39, 0.29) is 37.4 Å². The third-order valence-electron chi connectivity index (χ3n) is 12.7.